The maximum atomic E-state index is 12.9. The second-order valence-corrected chi connectivity index (χ2v) is 8.98. The van der Waals surface area contributed by atoms with E-state index in [4.69, 9.17) is 14.2 Å². The molecule has 0 saturated heterocycles. The van der Waals surface area contributed by atoms with Crippen molar-refractivity contribution < 1.29 is 23.8 Å². The van der Waals surface area contributed by atoms with Crippen LogP contribution < -0.4 is 14.8 Å². The van der Waals surface area contributed by atoms with E-state index in [9.17, 15) is 9.59 Å². The van der Waals surface area contributed by atoms with Crippen molar-refractivity contribution in [3.05, 3.63) is 65.9 Å². The Morgan fingerprint density at radius 2 is 1.78 bits per heavy atom. The number of carbonyl (C=O) groups excluding carboxylic acids is 2. The summed E-state index contributed by atoms with van der Waals surface area (Å²) >= 11 is 1.33. The minimum atomic E-state index is -0.333. The summed E-state index contributed by atoms with van der Waals surface area (Å²) in [5, 5.41) is 3.25. The number of hydrogen-bond donors (Lipinski definition) is 1. The SMILES string of the molecule is COCCOc1cccc(-c2cnc(OC)c3nc(NC(=O)c4ccc(C(=O)N(C)C)cc4)sc23)c1. The van der Waals surface area contributed by atoms with Gasteiger partial charge in [0.1, 0.15) is 17.9 Å². The molecule has 4 rings (SSSR count). The topological polar surface area (TPSA) is 103 Å². The fraction of sp³-hybridized carbons (Fsp3) is 0.231. The van der Waals surface area contributed by atoms with Gasteiger partial charge < -0.3 is 19.1 Å². The molecular formula is C26H26N4O5S. The molecule has 2 amide bonds. The Morgan fingerprint density at radius 3 is 2.47 bits per heavy atom. The van der Waals surface area contributed by atoms with Crippen LogP contribution in [0.4, 0.5) is 5.13 Å². The van der Waals surface area contributed by atoms with Crippen molar-refractivity contribution in [1.82, 2.24) is 14.9 Å². The van der Waals surface area contributed by atoms with Crippen molar-refractivity contribution in [2.45, 2.75) is 0 Å². The molecule has 9 nitrogen and oxygen atoms in total. The van der Waals surface area contributed by atoms with Crippen molar-refractivity contribution in [3.63, 3.8) is 0 Å². The molecule has 2 aromatic heterocycles. The van der Waals surface area contributed by atoms with Crippen molar-refractivity contribution in [2.75, 3.05) is 46.8 Å². The smallest absolute Gasteiger partial charge is 0.257 e. The third-order valence-electron chi connectivity index (χ3n) is 5.30. The summed E-state index contributed by atoms with van der Waals surface area (Å²) in [6, 6.07) is 14.1. The van der Waals surface area contributed by atoms with Gasteiger partial charge in [0.15, 0.2) is 5.13 Å². The zero-order valence-electron chi connectivity index (χ0n) is 20.4. The molecule has 0 radical (unpaired) electrons. The number of carbonyl (C=O) groups is 2. The number of benzene rings is 2. The van der Waals surface area contributed by atoms with Crippen LogP contribution in [-0.2, 0) is 4.74 Å². The zero-order valence-corrected chi connectivity index (χ0v) is 21.2. The Balaban J connectivity index is 1.62. The van der Waals surface area contributed by atoms with Gasteiger partial charge >= 0.3 is 0 Å². The van der Waals surface area contributed by atoms with Gasteiger partial charge in [-0.25, -0.2) is 9.97 Å². The van der Waals surface area contributed by atoms with E-state index < -0.39 is 0 Å². The van der Waals surface area contributed by atoms with Gasteiger partial charge in [-0.05, 0) is 42.0 Å². The molecular weight excluding hydrogens is 480 g/mol. The summed E-state index contributed by atoms with van der Waals surface area (Å²) in [6.07, 6.45) is 1.72. The van der Waals surface area contributed by atoms with E-state index in [-0.39, 0.29) is 11.8 Å². The van der Waals surface area contributed by atoms with Crippen molar-refractivity contribution >= 4 is 38.5 Å². The van der Waals surface area contributed by atoms with Gasteiger partial charge in [-0.2, -0.15) is 0 Å². The number of aromatic nitrogens is 2. The Morgan fingerprint density at radius 1 is 1.03 bits per heavy atom. The predicted octanol–water partition coefficient (Wildman–Crippen LogP) is 4.35. The first-order valence-corrected chi connectivity index (χ1v) is 11.9. The average Bonchev–Trinajstić information content (AvgIpc) is 3.31. The van der Waals surface area contributed by atoms with Gasteiger partial charge in [0.25, 0.3) is 11.8 Å². The monoisotopic (exact) mass is 506 g/mol. The fourth-order valence-electron chi connectivity index (χ4n) is 3.49. The lowest BCUT2D eigenvalue weighted by Gasteiger charge is -2.10. The third kappa shape index (κ3) is 5.45. The lowest BCUT2D eigenvalue weighted by molar-refractivity contribution is 0.0827. The van der Waals surface area contributed by atoms with Crippen LogP contribution in [0.15, 0.2) is 54.7 Å². The second-order valence-electron chi connectivity index (χ2n) is 7.98. The number of thiazole rings is 1. The number of nitrogens with one attached hydrogen (secondary N) is 1. The number of anilines is 1. The molecule has 36 heavy (non-hydrogen) atoms. The van der Waals surface area contributed by atoms with Gasteiger partial charge in [-0.3, -0.25) is 14.9 Å². The van der Waals surface area contributed by atoms with Crippen LogP contribution in [0.2, 0.25) is 0 Å². The van der Waals surface area contributed by atoms with Crippen LogP contribution in [0.5, 0.6) is 11.6 Å². The highest BCUT2D eigenvalue weighted by Gasteiger charge is 2.18. The molecule has 0 bridgehead atoms. The molecule has 0 aliphatic rings. The lowest BCUT2D eigenvalue weighted by atomic mass is 10.1. The molecule has 0 fully saturated rings. The van der Waals surface area contributed by atoms with Gasteiger partial charge in [0.05, 0.1) is 18.4 Å². The van der Waals surface area contributed by atoms with Gasteiger partial charge in [0.2, 0.25) is 5.88 Å². The summed E-state index contributed by atoms with van der Waals surface area (Å²) in [5.74, 6) is 0.612. The Bertz CT molecular complexity index is 1390. The fourth-order valence-corrected chi connectivity index (χ4v) is 4.47. The quantitative estimate of drug-likeness (QED) is 0.337. The Labute approximate surface area is 212 Å². The number of nitrogens with zero attached hydrogens (tertiary/aromatic N) is 3. The van der Waals surface area contributed by atoms with Crippen molar-refractivity contribution in [3.8, 4) is 22.8 Å². The van der Waals surface area contributed by atoms with Gasteiger partial charge in [-0.1, -0.05) is 23.5 Å². The summed E-state index contributed by atoms with van der Waals surface area (Å²) < 4.78 is 17.0. The first-order valence-electron chi connectivity index (χ1n) is 11.1. The van der Waals surface area contributed by atoms with Crippen LogP contribution in [0.3, 0.4) is 0 Å². The van der Waals surface area contributed by atoms with Crippen molar-refractivity contribution in [1.29, 1.82) is 0 Å². The molecule has 1 N–H and O–H groups in total. The summed E-state index contributed by atoms with van der Waals surface area (Å²) in [7, 11) is 6.51. The maximum Gasteiger partial charge on any atom is 0.257 e. The predicted molar refractivity (Wildman–Crippen MR) is 139 cm³/mol. The Hall–Kier alpha value is -4.02. The average molecular weight is 507 g/mol. The number of pyridine rings is 1. The van der Waals surface area contributed by atoms with Gasteiger partial charge in [0, 0.05) is 44.1 Å². The molecule has 4 aromatic rings. The number of fused-ring (bicyclic) bond motifs is 1. The Kier molecular flexibility index (Phi) is 7.77. The standard InChI is InChI=1S/C26H26N4O5S/c1-30(2)25(32)17-10-8-16(9-11-17)23(31)29-26-28-21-22(36-26)20(15-27-24(21)34-4)18-6-5-7-19(14-18)35-13-12-33-3/h5-11,14-15H,12-13H2,1-4H3,(H,28,29,31). The molecule has 2 aromatic carbocycles. The molecule has 2 heterocycles. The minimum Gasteiger partial charge on any atom is -0.491 e. The number of rotatable bonds is 9. The van der Waals surface area contributed by atoms with E-state index in [1.165, 1.54) is 23.3 Å². The molecule has 10 heteroatoms. The highest BCUT2D eigenvalue weighted by molar-refractivity contribution is 7.23. The summed E-state index contributed by atoms with van der Waals surface area (Å²) in [5.41, 5.74) is 3.20. The molecule has 0 unspecified atom stereocenters. The lowest BCUT2D eigenvalue weighted by Crippen LogP contribution is -2.21. The first kappa shape index (κ1) is 25.1. The van der Waals surface area contributed by atoms with Gasteiger partial charge in [-0.15, -0.1) is 0 Å². The van der Waals surface area contributed by atoms with Crippen LogP contribution in [0.25, 0.3) is 21.3 Å². The largest absolute Gasteiger partial charge is 0.491 e. The summed E-state index contributed by atoms with van der Waals surface area (Å²) in [6.45, 7) is 0.933. The maximum absolute atomic E-state index is 12.9. The van der Waals surface area contributed by atoms with E-state index >= 15 is 0 Å². The normalized spacial score (nSPS) is 10.8. The molecule has 0 spiro atoms. The molecule has 0 aliphatic heterocycles. The van der Waals surface area contributed by atoms with E-state index in [0.29, 0.717) is 46.6 Å². The molecule has 0 atom stereocenters. The number of hydrogen-bond acceptors (Lipinski definition) is 8. The second kappa shape index (κ2) is 11.1. The van der Waals surface area contributed by atoms with Crippen LogP contribution >= 0.6 is 11.3 Å². The third-order valence-corrected chi connectivity index (χ3v) is 6.30. The van der Waals surface area contributed by atoms with E-state index in [1.807, 2.05) is 24.3 Å². The molecule has 0 aliphatic carbocycles. The minimum absolute atomic E-state index is 0.131. The van der Waals surface area contributed by atoms with Crippen LogP contribution in [0, 0.1) is 0 Å². The van der Waals surface area contributed by atoms with Crippen LogP contribution in [-0.4, -0.2) is 68.2 Å². The van der Waals surface area contributed by atoms with E-state index in [0.717, 1.165) is 15.8 Å². The zero-order chi connectivity index (χ0) is 25.7. The van der Waals surface area contributed by atoms with Crippen LogP contribution in [0.1, 0.15) is 20.7 Å². The number of ether oxygens (including phenoxy) is 3. The molecule has 186 valence electrons. The number of methoxy groups -OCH3 is 2. The van der Waals surface area contributed by atoms with E-state index in [1.54, 1.807) is 51.7 Å². The number of amides is 2. The highest BCUT2D eigenvalue weighted by Crippen LogP contribution is 2.39. The molecule has 0 saturated carbocycles. The highest BCUT2D eigenvalue weighted by atomic mass is 32.1. The van der Waals surface area contributed by atoms with Crippen molar-refractivity contribution in [2.24, 2.45) is 0 Å². The summed E-state index contributed by atoms with van der Waals surface area (Å²) in [4.78, 5) is 35.4. The first-order chi connectivity index (χ1) is 17.4. The van der Waals surface area contributed by atoms with E-state index in [2.05, 4.69) is 15.3 Å².